The van der Waals surface area contributed by atoms with Gasteiger partial charge in [-0.3, -0.25) is 9.59 Å². The van der Waals surface area contributed by atoms with Gasteiger partial charge in [-0.2, -0.15) is 0 Å². The summed E-state index contributed by atoms with van der Waals surface area (Å²) in [5, 5.41) is 21.3. The molecule has 3 rings (SSSR count). The summed E-state index contributed by atoms with van der Waals surface area (Å²) in [5.41, 5.74) is 0.680. The standard InChI is InChI=1S/C24H35N5O4/c1-23(2,3)20(22(32)28-13-16(30)12-19(28)21(31)25-7)29-14-18(26-27-29)15-8-10-17(11-9-15)33-24(4,5)6/h8-11,14,16,19-20,30H,12-13H2,1-7H3,(H,25,31)/t16?,19-,20?/m1/s1. The van der Waals surface area contributed by atoms with Crippen LogP contribution >= 0.6 is 0 Å². The summed E-state index contributed by atoms with van der Waals surface area (Å²) in [5.74, 6) is 0.205. The fraction of sp³-hybridized carbons (Fsp3) is 0.583. The van der Waals surface area contributed by atoms with E-state index in [9.17, 15) is 14.7 Å². The van der Waals surface area contributed by atoms with E-state index in [0.717, 1.165) is 11.3 Å². The molecule has 1 fully saturated rings. The molecule has 2 aromatic rings. The molecule has 2 amide bonds. The highest BCUT2D eigenvalue weighted by Gasteiger charge is 2.45. The lowest BCUT2D eigenvalue weighted by Crippen LogP contribution is -2.49. The quantitative estimate of drug-likeness (QED) is 0.714. The number of amides is 2. The van der Waals surface area contributed by atoms with E-state index in [4.69, 9.17) is 4.74 Å². The van der Waals surface area contributed by atoms with Crippen LogP contribution in [0, 0.1) is 5.41 Å². The highest BCUT2D eigenvalue weighted by Crippen LogP contribution is 2.35. The molecule has 180 valence electrons. The van der Waals surface area contributed by atoms with E-state index >= 15 is 0 Å². The van der Waals surface area contributed by atoms with Crippen LogP contribution in [-0.2, 0) is 9.59 Å². The number of rotatable bonds is 5. The van der Waals surface area contributed by atoms with Gasteiger partial charge < -0.3 is 20.1 Å². The third kappa shape index (κ3) is 5.71. The van der Waals surface area contributed by atoms with E-state index in [0.29, 0.717) is 5.69 Å². The van der Waals surface area contributed by atoms with E-state index in [-0.39, 0.29) is 30.4 Å². The average Bonchev–Trinajstić information content (AvgIpc) is 3.33. The van der Waals surface area contributed by atoms with Gasteiger partial charge >= 0.3 is 0 Å². The lowest BCUT2D eigenvalue weighted by atomic mass is 9.85. The number of ether oxygens (including phenoxy) is 1. The largest absolute Gasteiger partial charge is 0.488 e. The zero-order valence-electron chi connectivity index (χ0n) is 20.5. The van der Waals surface area contributed by atoms with Crippen molar-refractivity contribution < 1.29 is 19.4 Å². The number of hydrogen-bond donors (Lipinski definition) is 2. The molecular weight excluding hydrogens is 422 g/mol. The Morgan fingerprint density at radius 1 is 1.15 bits per heavy atom. The number of likely N-dealkylation sites (N-methyl/N-ethyl adjacent to an activating group) is 1. The summed E-state index contributed by atoms with van der Waals surface area (Å²) in [6, 6.07) is 6.17. The molecule has 0 spiro atoms. The Kier molecular flexibility index (Phi) is 6.83. The van der Waals surface area contributed by atoms with Crippen molar-refractivity contribution in [1.82, 2.24) is 25.2 Å². The van der Waals surface area contributed by atoms with Gasteiger partial charge in [0.2, 0.25) is 11.8 Å². The second-order valence-electron chi connectivity index (χ2n) is 10.6. The molecule has 0 bridgehead atoms. The number of carbonyl (C=O) groups is 2. The van der Waals surface area contributed by atoms with Gasteiger partial charge in [0.05, 0.1) is 12.3 Å². The van der Waals surface area contributed by atoms with Crippen molar-refractivity contribution in [2.24, 2.45) is 5.41 Å². The molecule has 1 aliphatic heterocycles. The zero-order chi connectivity index (χ0) is 24.6. The number of nitrogens with one attached hydrogen (secondary N) is 1. The van der Waals surface area contributed by atoms with Crippen molar-refractivity contribution in [3.05, 3.63) is 30.5 Å². The molecule has 1 saturated heterocycles. The van der Waals surface area contributed by atoms with E-state index in [1.807, 2.05) is 65.8 Å². The smallest absolute Gasteiger partial charge is 0.248 e. The second kappa shape index (κ2) is 9.13. The van der Waals surface area contributed by atoms with Crippen molar-refractivity contribution in [1.29, 1.82) is 0 Å². The summed E-state index contributed by atoms with van der Waals surface area (Å²) in [6.07, 6.45) is 1.22. The second-order valence-corrected chi connectivity index (χ2v) is 10.6. The van der Waals surface area contributed by atoms with Gasteiger partial charge in [-0.05, 0) is 50.5 Å². The summed E-state index contributed by atoms with van der Waals surface area (Å²) in [6.45, 7) is 11.9. The molecule has 2 heterocycles. The third-order valence-corrected chi connectivity index (χ3v) is 5.51. The van der Waals surface area contributed by atoms with E-state index < -0.39 is 23.6 Å². The monoisotopic (exact) mass is 457 g/mol. The van der Waals surface area contributed by atoms with Crippen molar-refractivity contribution in [2.75, 3.05) is 13.6 Å². The van der Waals surface area contributed by atoms with Crippen molar-refractivity contribution >= 4 is 11.8 Å². The highest BCUT2D eigenvalue weighted by atomic mass is 16.5. The molecule has 0 saturated carbocycles. The Hall–Kier alpha value is -2.94. The third-order valence-electron chi connectivity index (χ3n) is 5.51. The van der Waals surface area contributed by atoms with Gasteiger partial charge in [-0.15, -0.1) is 5.10 Å². The molecule has 1 aromatic heterocycles. The fourth-order valence-electron chi connectivity index (χ4n) is 4.09. The van der Waals surface area contributed by atoms with Crippen molar-refractivity contribution in [3.63, 3.8) is 0 Å². The minimum Gasteiger partial charge on any atom is -0.488 e. The van der Waals surface area contributed by atoms with Gasteiger partial charge in [-0.1, -0.05) is 26.0 Å². The van der Waals surface area contributed by atoms with E-state index in [1.165, 1.54) is 11.9 Å². The highest BCUT2D eigenvalue weighted by molar-refractivity contribution is 5.90. The summed E-state index contributed by atoms with van der Waals surface area (Å²) >= 11 is 0. The number of β-amino-alcohol motifs (C(OH)–C–C–N with tert-alkyl or cyclic N) is 1. The zero-order valence-corrected chi connectivity index (χ0v) is 20.5. The van der Waals surface area contributed by atoms with Crippen LogP contribution in [0.3, 0.4) is 0 Å². The topological polar surface area (TPSA) is 110 Å². The maximum Gasteiger partial charge on any atom is 0.248 e. The van der Waals surface area contributed by atoms with Gasteiger partial charge in [-0.25, -0.2) is 4.68 Å². The predicted octanol–water partition coefficient (Wildman–Crippen LogP) is 2.42. The number of aromatic nitrogens is 3. The maximum absolute atomic E-state index is 13.6. The van der Waals surface area contributed by atoms with Crippen LogP contribution in [0.1, 0.15) is 54.0 Å². The number of aliphatic hydroxyl groups is 1. The molecule has 0 radical (unpaired) electrons. The molecule has 2 N–H and O–H groups in total. The summed E-state index contributed by atoms with van der Waals surface area (Å²) < 4.78 is 7.43. The van der Waals surface area contributed by atoms with Crippen molar-refractivity contribution in [2.45, 2.75) is 71.8 Å². The predicted molar refractivity (Wildman–Crippen MR) is 125 cm³/mol. The van der Waals surface area contributed by atoms with Crippen LogP contribution in [0.25, 0.3) is 11.3 Å². The average molecular weight is 458 g/mol. The number of aliphatic hydroxyl groups excluding tert-OH is 1. The molecule has 9 nitrogen and oxygen atoms in total. The van der Waals surface area contributed by atoms with Crippen LogP contribution in [-0.4, -0.2) is 68.2 Å². The number of nitrogens with zero attached hydrogens (tertiary/aromatic N) is 4. The van der Waals surface area contributed by atoms with Crippen LogP contribution in [0.4, 0.5) is 0 Å². The number of benzene rings is 1. The van der Waals surface area contributed by atoms with E-state index in [2.05, 4.69) is 15.6 Å². The van der Waals surface area contributed by atoms with Gasteiger partial charge in [0.1, 0.15) is 29.1 Å². The first kappa shape index (κ1) is 24.7. The lowest BCUT2D eigenvalue weighted by molar-refractivity contribution is -0.144. The molecule has 33 heavy (non-hydrogen) atoms. The van der Waals surface area contributed by atoms with Gasteiger partial charge in [0.25, 0.3) is 0 Å². The molecule has 3 atom stereocenters. The number of likely N-dealkylation sites (tertiary alicyclic amines) is 1. The Bertz CT molecular complexity index is 988. The van der Waals surface area contributed by atoms with Gasteiger partial charge in [0.15, 0.2) is 0 Å². The minimum atomic E-state index is -0.739. The van der Waals surface area contributed by atoms with Gasteiger partial charge in [0, 0.05) is 25.6 Å². The summed E-state index contributed by atoms with van der Waals surface area (Å²) in [4.78, 5) is 27.4. The molecule has 9 heteroatoms. The molecule has 1 aliphatic rings. The first-order valence-corrected chi connectivity index (χ1v) is 11.2. The molecule has 1 aromatic carbocycles. The van der Waals surface area contributed by atoms with Crippen molar-refractivity contribution in [3.8, 4) is 17.0 Å². The minimum absolute atomic E-state index is 0.111. The van der Waals surface area contributed by atoms with E-state index in [1.54, 1.807) is 10.9 Å². The van der Waals surface area contributed by atoms with Crippen LogP contribution in [0.15, 0.2) is 30.5 Å². The Labute approximate surface area is 195 Å². The lowest BCUT2D eigenvalue weighted by Gasteiger charge is -2.34. The Morgan fingerprint density at radius 3 is 2.33 bits per heavy atom. The maximum atomic E-state index is 13.6. The number of hydrogen-bond acceptors (Lipinski definition) is 6. The molecule has 0 aliphatic carbocycles. The Morgan fingerprint density at radius 2 is 1.79 bits per heavy atom. The fourth-order valence-corrected chi connectivity index (χ4v) is 4.09. The molecular formula is C24H35N5O4. The van der Waals surface area contributed by atoms with Crippen LogP contribution in [0.5, 0.6) is 5.75 Å². The van der Waals surface area contributed by atoms with Crippen LogP contribution < -0.4 is 10.1 Å². The number of carbonyl (C=O) groups excluding carboxylic acids is 2. The van der Waals surface area contributed by atoms with Crippen LogP contribution in [0.2, 0.25) is 0 Å². The SMILES string of the molecule is CNC(=O)[C@H]1CC(O)CN1C(=O)C(n1cc(-c2ccc(OC(C)(C)C)cc2)nn1)C(C)(C)C. The molecule has 2 unspecified atom stereocenters. The first-order chi connectivity index (χ1) is 15.3. The summed E-state index contributed by atoms with van der Waals surface area (Å²) in [7, 11) is 1.53. The first-order valence-electron chi connectivity index (χ1n) is 11.2. The normalized spacial score (nSPS) is 19.9. The Balaban J connectivity index is 1.88.